The Bertz CT molecular complexity index is 831. The summed E-state index contributed by atoms with van der Waals surface area (Å²) in [5.41, 5.74) is 5.16. The van der Waals surface area contributed by atoms with E-state index in [2.05, 4.69) is 82.1 Å². The van der Waals surface area contributed by atoms with Crippen LogP contribution in [0.3, 0.4) is 0 Å². The largest absolute Gasteiger partial charge is 0.374 e. The van der Waals surface area contributed by atoms with Crippen LogP contribution in [0.25, 0.3) is 20.8 Å². The first kappa shape index (κ1) is 17.0. The molecule has 0 aliphatic heterocycles. The number of anilines is 1. The van der Waals surface area contributed by atoms with Crippen molar-refractivity contribution in [3.05, 3.63) is 48.0 Å². The number of aryl methyl sites for hydroxylation is 1. The molecule has 3 aromatic rings. The molecule has 0 unspecified atom stereocenters. The van der Waals surface area contributed by atoms with Gasteiger partial charge in [-0.3, -0.25) is 0 Å². The normalized spacial score (nSPS) is 11.9. The third kappa shape index (κ3) is 3.62. The molecule has 126 valence electrons. The van der Waals surface area contributed by atoms with Crippen LogP contribution < -0.4 is 4.90 Å². The average Bonchev–Trinajstić information content (AvgIpc) is 2.97. The highest BCUT2D eigenvalue weighted by Gasteiger charge is 2.18. The molecule has 0 aliphatic rings. The smallest absolute Gasteiger partial charge is 0.124 e. The van der Waals surface area contributed by atoms with Gasteiger partial charge in [-0.05, 0) is 60.7 Å². The molecule has 3 heteroatoms. The van der Waals surface area contributed by atoms with Crippen LogP contribution >= 0.6 is 11.3 Å². The summed E-state index contributed by atoms with van der Waals surface area (Å²) in [4.78, 5) is 7.12. The van der Waals surface area contributed by atoms with E-state index in [4.69, 9.17) is 4.98 Å². The first-order chi connectivity index (χ1) is 11.4. The molecule has 2 nitrogen and oxygen atoms in total. The van der Waals surface area contributed by atoms with Crippen molar-refractivity contribution < 1.29 is 0 Å². The molecule has 0 atom stereocenters. The maximum atomic E-state index is 4.78. The zero-order valence-corrected chi connectivity index (χ0v) is 16.1. The van der Waals surface area contributed by atoms with E-state index in [-0.39, 0.29) is 0 Å². The Balaban J connectivity index is 1.83. The van der Waals surface area contributed by atoms with Gasteiger partial charge in [-0.15, -0.1) is 11.3 Å². The van der Waals surface area contributed by atoms with E-state index in [9.17, 15) is 0 Å². The second kappa shape index (κ2) is 6.56. The molecule has 0 fully saturated rings. The van der Waals surface area contributed by atoms with Crippen molar-refractivity contribution in [1.82, 2.24) is 4.98 Å². The second-order valence-electron chi connectivity index (χ2n) is 7.41. The summed E-state index contributed by atoms with van der Waals surface area (Å²) in [5.74, 6) is 0. The van der Waals surface area contributed by atoms with Crippen LogP contribution in [0.15, 0.2) is 42.5 Å². The molecule has 0 radical (unpaired) electrons. The predicted octanol–water partition coefficient (Wildman–Crippen LogP) is 6.14. The quantitative estimate of drug-likeness (QED) is 0.555. The fourth-order valence-corrected chi connectivity index (χ4v) is 3.93. The molecule has 2 aromatic carbocycles. The van der Waals surface area contributed by atoms with E-state index in [1.165, 1.54) is 27.9 Å². The molecule has 0 aliphatic carbocycles. The average molecular weight is 339 g/mol. The van der Waals surface area contributed by atoms with Crippen LogP contribution in [0.1, 0.15) is 32.8 Å². The van der Waals surface area contributed by atoms with Gasteiger partial charge in [0, 0.05) is 24.8 Å². The number of hydrogen-bond acceptors (Lipinski definition) is 3. The van der Waals surface area contributed by atoms with Crippen LogP contribution in [-0.2, 0) is 0 Å². The number of benzene rings is 2. The Kier molecular flexibility index (Phi) is 4.64. The van der Waals surface area contributed by atoms with Crippen molar-refractivity contribution in [1.29, 1.82) is 0 Å². The number of nitrogens with zero attached hydrogens (tertiary/aromatic N) is 2. The van der Waals surface area contributed by atoms with Crippen LogP contribution in [-0.4, -0.2) is 18.6 Å². The number of aromatic nitrogens is 1. The summed E-state index contributed by atoms with van der Waals surface area (Å²) in [7, 11) is 2.17. The minimum absolute atomic E-state index is 0.332. The third-order valence-electron chi connectivity index (χ3n) is 4.72. The number of fused-ring (bicyclic) bond motifs is 1. The molecular weight excluding hydrogens is 312 g/mol. The minimum Gasteiger partial charge on any atom is -0.374 e. The molecule has 0 bridgehead atoms. The number of thiazole rings is 1. The highest BCUT2D eigenvalue weighted by Crippen LogP contribution is 2.32. The van der Waals surface area contributed by atoms with E-state index >= 15 is 0 Å². The Labute approximate surface area is 149 Å². The third-order valence-corrected chi connectivity index (χ3v) is 5.79. The number of hydrogen-bond donors (Lipinski definition) is 0. The van der Waals surface area contributed by atoms with Gasteiger partial charge in [-0.2, -0.15) is 0 Å². The van der Waals surface area contributed by atoms with Gasteiger partial charge in [0.15, 0.2) is 0 Å². The van der Waals surface area contributed by atoms with E-state index in [0.717, 1.165) is 17.1 Å². The molecule has 24 heavy (non-hydrogen) atoms. The van der Waals surface area contributed by atoms with Gasteiger partial charge in [0.05, 0.1) is 10.2 Å². The first-order valence-electron chi connectivity index (χ1n) is 8.57. The fourth-order valence-electron chi connectivity index (χ4n) is 2.86. The van der Waals surface area contributed by atoms with Gasteiger partial charge in [0.2, 0.25) is 0 Å². The van der Waals surface area contributed by atoms with Crippen molar-refractivity contribution >= 4 is 27.2 Å². The van der Waals surface area contributed by atoms with Gasteiger partial charge >= 0.3 is 0 Å². The van der Waals surface area contributed by atoms with Gasteiger partial charge in [-0.25, -0.2) is 4.98 Å². The van der Waals surface area contributed by atoms with Crippen molar-refractivity contribution in [2.45, 2.75) is 34.1 Å². The monoisotopic (exact) mass is 338 g/mol. The molecule has 3 rings (SSSR count). The van der Waals surface area contributed by atoms with Crippen LogP contribution in [0, 0.1) is 12.3 Å². The van der Waals surface area contributed by atoms with Crippen LogP contribution in [0.4, 0.5) is 5.69 Å². The Morgan fingerprint density at radius 3 is 2.46 bits per heavy atom. The van der Waals surface area contributed by atoms with Gasteiger partial charge < -0.3 is 4.90 Å². The number of rotatable bonds is 5. The summed E-state index contributed by atoms with van der Waals surface area (Å²) in [6.07, 6.45) is 1.18. The summed E-state index contributed by atoms with van der Waals surface area (Å²) in [6.45, 7) is 10.1. The van der Waals surface area contributed by atoms with Gasteiger partial charge in [0.1, 0.15) is 5.01 Å². The molecule has 1 aromatic heterocycles. The van der Waals surface area contributed by atoms with Gasteiger partial charge in [0.25, 0.3) is 0 Å². The second-order valence-corrected chi connectivity index (χ2v) is 8.44. The fraction of sp³-hybridized carbons (Fsp3) is 0.381. The lowest BCUT2D eigenvalue weighted by molar-refractivity contribution is 0.358. The van der Waals surface area contributed by atoms with E-state index in [1.807, 2.05) is 0 Å². The van der Waals surface area contributed by atoms with Crippen molar-refractivity contribution in [3.63, 3.8) is 0 Å². The minimum atomic E-state index is 0.332. The zero-order valence-electron chi connectivity index (χ0n) is 15.3. The van der Waals surface area contributed by atoms with Gasteiger partial charge in [-0.1, -0.05) is 26.8 Å². The van der Waals surface area contributed by atoms with E-state index < -0.39 is 0 Å². The molecule has 0 spiro atoms. The van der Waals surface area contributed by atoms with E-state index in [1.54, 1.807) is 11.3 Å². The molecule has 0 amide bonds. The topological polar surface area (TPSA) is 16.1 Å². The maximum absolute atomic E-state index is 4.78. The molecule has 0 N–H and O–H groups in total. The lowest BCUT2D eigenvalue weighted by Crippen LogP contribution is -2.30. The maximum Gasteiger partial charge on any atom is 0.124 e. The zero-order chi connectivity index (χ0) is 17.3. The van der Waals surface area contributed by atoms with Crippen molar-refractivity contribution in [2.24, 2.45) is 5.41 Å². The summed E-state index contributed by atoms with van der Waals surface area (Å²) in [5, 5.41) is 1.10. The highest BCUT2D eigenvalue weighted by atomic mass is 32.1. The Morgan fingerprint density at radius 1 is 1.08 bits per heavy atom. The highest BCUT2D eigenvalue weighted by molar-refractivity contribution is 7.21. The molecular formula is C21H26N2S. The Morgan fingerprint density at radius 2 is 1.79 bits per heavy atom. The lowest BCUT2D eigenvalue weighted by Gasteiger charge is -2.30. The SMILES string of the molecule is CCC(C)(C)CN(C)c1ccc(-c2nc3ccc(C)cc3s2)cc1. The standard InChI is InChI=1S/C21H26N2S/c1-6-21(3,4)14-23(5)17-10-8-16(9-11-17)20-22-18-12-7-15(2)13-19(18)24-20/h7-13H,6,14H2,1-5H3. The molecule has 1 heterocycles. The van der Waals surface area contributed by atoms with Crippen LogP contribution in [0.2, 0.25) is 0 Å². The van der Waals surface area contributed by atoms with E-state index in [0.29, 0.717) is 5.41 Å². The van der Waals surface area contributed by atoms with Crippen LogP contribution in [0.5, 0.6) is 0 Å². The summed E-state index contributed by atoms with van der Waals surface area (Å²) >= 11 is 1.77. The van der Waals surface area contributed by atoms with Crippen molar-refractivity contribution in [3.8, 4) is 10.6 Å². The Hall–Kier alpha value is -1.87. The summed E-state index contributed by atoms with van der Waals surface area (Å²) < 4.78 is 1.26. The predicted molar refractivity (Wildman–Crippen MR) is 107 cm³/mol. The summed E-state index contributed by atoms with van der Waals surface area (Å²) in [6, 6.07) is 15.2. The first-order valence-corrected chi connectivity index (χ1v) is 9.38. The van der Waals surface area contributed by atoms with Crippen molar-refractivity contribution in [2.75, 3.05) is 18.5 Å². The lowest BCUT2D eigenvalue weighted by atomic mass is 9.89. The molecule has 0 saturated heterocycles. The molecule has 0 saturated carbocycles.